The molecule has 0 saturated carbocycles. The smallest absolute Gasteiger partial charge is 0.0656 e. The standard InChI is InChI=1S/C17H23N3/c1-19-10-5-8-15(19)17-16-13(9-11-20(17)2)12-6-3-4-7-14(12)18-16/h3-4,6-7,15,17-18H,5,8-11H2,1-2H3/t15-,17+/m0/s1. The molecule has 0 aliphatic carbocycles. The first kappa shape index (κ1) is 12.4. The maximum absolute atomic E-state index is 3.73. The number of para-hydroxylation sites is 1. The highest BCUT2D eigenvalue weighted by Gasteiger charge is 2.37. The molecule has 3 heteroatoms. The van der Waals surface area contributed by atoms with E-state index in [0.717, 1.165) is 0 Å². The van der Waals surface area contributed by atoms with Crippen LogP contribution in [-0.2, 0) is 6.42 Å². The second-order valence-electron chi connectivity index (χ2n) is 6.43. The molecule has 1 aromatic carbocycles. The Bertz CT molecular complexity index is 630. The molecule has 1 saturated heterocycles. The van der Waals surface area contributed by atoms with Crippen LogP contribution in [0, 0.1) is 0 Å². The average molecular weight is 269 g/mol. The largest absolute Gasteiger partial charge is 0.357 e. The second-order valence-corrected chi connectivity index (χ2v) is 6.43. The van der Waals surface area contributed by atoms with Gasteiger partial charge in [-0.15, -0.1) is 0 Å². The van der Waals surface area contributed by atoms with Crippen molar-refractivity contribution < 1.29 is 0 Å². The molecule has 0 radical (unpaired) electrons. The minimum atomic E-state index is 0.527. The van der Waals surface area contributed by atoms with E-state index >= 15 is 0 Å². The van der Waals surface area contributed by atoms with Gasteiger partial charge in [0.25, 0.3) is 0 Å². The first-order valence-corrected chi connectivity index (χ1v) is 7.75. The number of benzene rings is 1. The second kappa shape index (κ2) is 4.61. The minimum absolute atomic E-state index is 0.527. The van der Waals surface area contributed by atoms with E-state index in [1.165, 1.54) is 48.9 Å². The van der Waals surface area contributed by atoms with Gasteiger partial charge in [-0.2, -0.15) is 0 Å². The van der Waals surface area contributed by atoms with Gasteiger partial charge in [0.15, 0.2) is 0 Å². The molecule has 2 atom stereocenters. The monoisotopic (exact) mass is 269 g/mol. The summed E-state index contributed by atoms with van der Waals surface area (Å²) >= 11 is 0. The molecule has 0 unspecified atom stereocenters. The molecule has 3 nitrogen and oxygen atoms in total. The molecular formula is C17H23N3. The van der Waals surface area contributed by atoms with E-state index < -0.39 is 0 Å². The number of hydrogen-bond donors (Lipinski definition) is 1. The van der Waals surface area contributed by atoms with Gasteiger partial charge in [0.05, 0.1) is 6.04 Å². The van der Waals surface area contributed by atoms with Gasteiger partial charge in [0, 0.05) is 29.2 Å². The number of nitrogens with one attached hydrogen (secondary N) is 1. The topological polar surface area (TPSA) is 22.3 Å². The molecule has 2 aromatic rings. The molecule has 1 N–H and O–H groups in total. The van der Waals surface area contributed by atoms with Crippen molar-refractivity contribution >= 4 is 10.9 Å². The lowest BCUT2D eigenvalue weighted by Crippen LogP contribution is -2.43. The third-order valence-electron chi connectivity index (χ3n) is 5.27. The fraction of sp³-hybridized carbons (Fsp3) is 0.529. The Balaban J connectivity index is 1.85. The van der Waals surface area contributed by atoms with Crippen molar-refractivity contribution in [3.63, 3.8) is 0 Å². The van der Waals surface area contributed by atoms with E-state index in [0.29, 0.717) is 12.1 Å². The molecule has 0 spiro atoms. The van der Waals surface area contributed by atoms with Crippen LogP contribution in [0.3, 0.4) is 0 Å². The fourth-order valence-corrected chi connectivity index (χ4v) is 4.21. The zero-order valence-electron chi connectivity index (χ0n) is 12.4. The summed E-state index contributed by atoms with van der Waals surface area (Å²) in [7, 11) is 4.56. The van der Waals surface area contributed by atoms with Crippen LogP contribution in [0.25, 0.3) is 10.9 Å². The highest BCUT2D eigenvalue weighted by molar-refractivity contribution is 5.85. The lowest BCUT2D eigenvalue weighted by Gasteiger charge is -2.39. The number of hydrogen-bond acceptors (Lipinski definition) is 2. The average Bonchev–Trinajstić information content (AvgIpc) is 3.02. The highest BCUT2D eigenvalue weighted by Crippen LogP contribution is 2.39. The lowest BCUT2D eigenvalue weighted by molar-refractivity contribution is 0.129. The molecule has 3 heterocycles. The number of aromatic nitrogens is 1. The number of aromatic amines is 1. The Morgan fingerprint density at radius 1 is 1.10 bits per heavy atom. The minimum Gasteiger partial charge on any atom is -0.357 e. The van der Waals surface area contributed by atoms with Gasteiger partial charge in [-0.25, -0.2) is 0 Å². The predicted molar refractivity (Wildman–Crippen MR) is 83.0 cm³/mol. The van der Waals surface area contributed by atoms with Gasteiger partial charge in [-0.1, -0.05) is 18.2 Å². The van der Waals surface area contributed by atoms with E-state index in [4.69, 9.17) is 0 Å². The van der Waals surface area contributed by atoms with E-state index in [9.17, 15) is 0 Å². The van der Waals surface area contributed by atoms with E-state index in [1.54, 1.807) is 5.56 Å². The molecule has 0 amide bonds. The number of fused-ring (bicyclic) bond motifs is 3. The van der Waals surface area contributed by atoms with Crippen LogP contribution in [0.2, 0.25) is 0 Å². The summed E-state index contributed by atoms with van der Waals surface area (Å²) in [6.45, 7) is 2.41. The van der Waals surface area contributed by atoms with E-state index in [2.05, 4.69) is 53.1 Å². The van der Waals surface area contributed by atoms with Gasteiger partial charge in [0.2, 0.25) is 0 Å². The van der Waals surface area contributed by atoms with Gasteiger partial charge in [-0.3, -0.25) is 4.90 Å². The zero-order chi connectivity index (χ0) is 13.7. The van der Waals surface area contributed by atoms with Crippen LogP contribution in [0.5, 0.6) is 0 Å². The number of H-pyrrole nitrogens is 1. The van der Waals surface area contributed by atoms with Crippen molar-refractivity contribution in [3.05, 3.63) is 35.5 Å². The Labute approximate surface area is 120 Å². The zero-order valence-corrected chi connectivity index (χ0v) is 12.4. The summed E-state index contributed by atoms with van der Waals surface area (Å²) in [5, 5.41) is 1.43. The molecule has 4 rings (SSSR count). The third kappa shape index (κ3) is 1.73. The number of likely N-dealkylation sites (tertiary alicyclic amines) is 1. The van der Waals surface area contributed by atoms with Crippen molar-refractivity contribution in [1.29, 1.82) is 0 Å². The highest BCUT2D eigenvalue weighted by atomic mass is 15.2. The number of nitrogens with zero attached hydrogens (tertiary/aromatic N) is 2. The van der Waals surface area contributed by atoms with Gasteiger partial charge < -0.3 is 9.88 Å². The van der Waals surface area contributed by atoms with Gasteiger partial charge in [-0.05, 0) is 51.5 Å². The molecule has 2 aliphatic rings. The molecule has 1 fully saturated rings. The summed E-state index contributed by atoms with van der Waals surface area (Å²) in [6, 6.07) is 9.95. The van der Waals surface area contributed by atoms with Gasteiger partial charge >= 0.3 is 0 Å². The van der Waals surface area contributed by atoms with Crippen LogP contribution < -0.4 is 0 Å². The molecular weight excluding hydrogens is 246 g/mol. The Kier molecular flexibility index (Phi) is 2.86. The Morgan fingerprint density at radius 2 is 1.95 bits per heavy atom. The summed E-state index contributed by atoms with van der Waals surface area (Å²) in [5.41, 5.74) is 4.33. The number of rotatable bonds is 1. The fourth-order valence-electron chi connectivity index (χ4n) is 4.21. The summed E-state index contributed by atoms with van der Waals surface area (Å²) in [4.78, 5) is 8.81. The number of likely N-dealkylation sites (N-methyl/N-ethyl adjacent to an activating group) is 2. The maximum atomic E-state index is 3.73. The third-order valence-corrected chi connectivity index (χ3v) is 5.27. The molecule has 1 aromatic heterocycles. The Hall–Kier alpha value is -1.32. The van der Waals surface area contributed by atoms with Crippen LogP contribution in [0.4, 0.5) is 0 Å². The quantitative estimate of drug-likeness (QED) is 0.860. The van der Waals surface area contributed by atoms with Crippen LogP contribution in [0.1, 0.15) is 30.1 Å². The Morgan fingerprint density at radius 3 is 2.75 bits per heavy atom. The van der Waals surface area contributed by atoms with E-state index in [1.807, 2.05) is 0 Å². The first-order chi connectivity index (χ1) is 9.75. The lowest BCUT2D eigenvalue weighted by atomic mass is 9.92. The van der Waals surface area contributed by atoms with Crippen LogP contribution >= 0.6 is 0 Å². The summed E-state index contributed by atoms with van der Waals surface area (Å²) < 4.78 is 0. The molecule has 2 aliphatic heterocycles. The SMILES string of the molecule is CN1CCC[C@H]1[C@@H]1c2[nH]c3ccccc3c2CCN1C. The normalized spacial score (nSPS) is 28.1. The van der Waals surface area contributed by atoms with Crippen molar-refractivity contribution in [2.24, 2.45) is 0 Å². The van der Waals surface area contributed by atoms with Crippen molar-refractivity contribution in [1.82, 2.24) is 14.8 Å². The van der Waals surface area contributed by atoms with Gasteiger partial charge in [0.1, 0.15) is 0 Å². The summed E-state index contributed by atoms with van der Waals surface area (Å²) in [5.74, 6) is 0. The molecule has 0 bridgehead atoms. The predicted octanol–water partition coefficient (Wildman–Crippen LogP) is 2.79. The van der Waals surface area contributed by atoms with Crippen molar-refractivity contribution in [2.45, 2.75) is 31.3 Å². The van der Waals surface area contributed by atoms with Crippen molar-refractivity contribution in [3.8, 4) is 0 Å². The molecule has 20 heavy (non-hydrogen) atoms. The molecule has 106 valence electrons. The summed E-state index contributed by atoms with van der Waals surface area (Å²) in [6.07, 6.45) is 3.82. The first-order valence-electron chi connectivity index (χ1n) is 7.75. The van der Waals surface area contributed by atoms with E-state index in [-0.39, 0.29) is 0 Å². The van der Waals surface area contributed by atoms with Crippen LogP contribution in [-0.4, -0.2) is 48.0 Å². The maximum Gasteiger partial charge on any atom is 0.0656 e. The van der Waals surface area contributed by atoms with Crippen LogP contribution in [0.15, 0.2) is 24.3 Å². The van der Waals surface area contributed by atoms with Crippen molar-refractivity contribution in [2.75, 3.05) is 27.2 Å².